The molecule has 0 saturated carbocycles. The van der Waals surface area contributed by atoms with E-state index in [-0.39, 0.29) is 0 Å². The Morgan fingerprint density at radius 3 is 1.01 bits per heavy atom. The van der Waals surface area contributed by atoms with Gasteiger partial charge in [-0.3, -0.25) is 0 Å². The van der Waals surface area contributed by atoms with Gasteiger partial charge < -0.3 is 13.3 Å². The Labute approximate surface area is 792 Å². The minimum atomic E-state index is 0.608. The van der Waals surface area contributed by atoms with Crippen molar-refractivity contribution in [3.8, 4) is 136 Å². The Kier molecular flexibility index (Phi) is 19.7. The maximum Gasteiger partial charge on any atom is 0.164 e. The van der Waals surface area contributed by atoms with Crippen LogP contribution in [0.5, 0.6) is 0 Å². The molecule has 28 rings (SSSR count). The summed E-state index contributed by atoms with van der Waals surface area (Å²) in [7, 11) is 0. The van der Waals surface area contributed by atoms with Crippen LogP contribution < -0.4 is 0 Å². The fraction of sp³-hybridized carbons (Fsp3) is 0. The number of rotatable bonds is 12. The molecule has 0 bridgehead atoms. The molecule has 0 aliphatic carbocycles. The maximum absolute atomic E-state index is 6.27. The molecule has 137 heavy (non-hydrogen) atoms. The zero-order valence-corrected chi connectivity index (χ0v) is 74.8. The third kappa shape index (κ3) is 14.9. The van der Waals surface area contributed by atoms with E-state index in [0.717, 1.165) is 154 Å². The van der Waals surface area contributed by atoms with E-state index in [0.29, 0.717) is 52.4 Å². The van der Waals surface area contributed by atoms with E-state index in [1.165, 1.54) is 67.5 Å². The second kappa shape index (κ2) is 33.7. The minimum Gasteiger partial charge on any atom is -0.456 e. The second-order valence-corrected chi connectivity index (χ2v) is 36.3. The molecule has 0 radical (unpaired) electrons. The van der Waals surface area contributed by atoms with Gasteiger partial charge in [-0.05, 0) is 175 Å². The molecule has 8 heterocycles. The summed E-state index contributed by atoms with van der Waals surface area (Å²) >= 11 is 3.65. The number of benzene rings is 20. The second-order valence-electron chi connectivity index (χ2n) is 34.2. The summed E-state index contributed by atoms with van der Waals surface area (Å²) < 4.78 is 23.7. The van der Waals surface area contributed by atoms with E-state index in [1.54, 1.807) is 11.3 Å². The van der Waals surface area contributed by atoms with Crippen LogP contribution in [0, 0.1) is 0 Å². The molecule has 0 spiro atoms. The molecule has 0 N–H and O–H groups in total. The van der Waals surface area contributed by atoms with Crippen LogP contribution in [0.2, 0.25) is 0 Å². The molecule has 0 atom stereocenters. The molecule has 640 valence electrons. The van der Waals surface area contributed by atoms with Crippen molar-refractivity contribution in [1.29, 1.82) is 0 Å². The molecular formula is C123H73N9O3S2. The summed E-state index contributed by atoms with van der Waals surface area (Å²) in [6, 6.07) is 153. The Hall–Kier alpha value is -18.0. The van der Waals surface area contributed by atoms with Crippen molar-refractivity contribution < 1.29 is 13.3 Å². The molecule has 0 saturated heterocycles. The number of thiophene rings is 2. The van der Waals surface area contributed by atoms with Gasteiger partial charge in [-0.2, -0.15) is 0 Å². The van der Waals surface area contributed by atoms with Crippen molar-refractivity contribution in [2.45, 2.75) is 0 Å². The predicted molar refractivity (Wildman–Crippen MR) is 565 cm³/mol. The third-order valence-electron chi connectivity index (χ3n) is 25.7. The average Bonchev–Trinajstić information content (AvgIpc) is 1.57. The first-order valence-corrected chi connectivity index (χ1v) is 47.1. The lowest BCUT2D eigenvalue weighted by molar-refractivity contribution is 0.668. The normalized spacial score (nSPS) is 11.6. The van der Waals surface area contributed by atoms with E-state index in [1.807, 2.05) is 187 Å². The molecular weight excluding hydrogens is 1720 g/mol. The zero-order valence-electron chi connectivity index (χ0n) is 73.2. The Balaban J connectivity index is 0.000000107. The van der Waals surface area contributed by atoms with Gasteiger partial charge in [0.1, 0.15) is 33.5 Å². The summed E-state index contributed by atoms with van der Waals surface area (Å²) in [6.45, 7) is 0. The van der Waals surface area contributed by atoms with Crippen molar-refractivity contribution in [2.75, 3.05) is 0 Å². The highest BCUT2D eigenvalue weighted by Crippen LogP contribution is 2.46. The van der Waals surface area contributed by atoms with E-state index in [2.05, 4.69) is 267 Å². The van der Waals surface area contributed by atoms with Crippen LogP contribution in [-0.4, -0.2) is 44.9 Å². The van der Waals surface area contributed by atoms with E-state index < -0.39 is 0 Å². The van der Waals surface area contributed by atoms with Crippen LogP contribution in [0.15, 0.2) is 456 Å². The maximum atomic E-state index is 6.27. The summed E-state index contributed by atoms with van der Waals surface area (Å²) in [5, 5.41) is 18.9. The van der Waals surface area contributed by atoms with Gasteiger partial charge in [0.25, 0.3) is 0 Å². The molecule has 0 amide bonds. The number of hydrogen-bond acceptors (Lipinski definition) is 14. The minimum absolute atomic E-state index is 0.608. The van der Waals surface area contributed by atoms with Gasteiger partial charge >= 0.3 is 0 Å². The summed E-state index contributed by atoms with van der Waals surface area (Å²) in [4.78, 5) is 44.8. The summed E-state index contributed by atoms with van der Waals surface area (Å²) in [5.41, 5.74) is 20.5. The van der Waals surface area contributed by atoms with Crippen LogP contribution in [0.4, 0.5) is 0 Å². The number of nitrogens with zero attached hydrogens (tertiary/aromatic N) is 9. The number of furan rings is 3. The summed E-state index contributed by atoms with van der Waals surface area (Å²) in [5.74, 6) is 5.77. The van der Waals surface area contributed by atoms with Crippen molar-refractivity contribution >= 4 is 161 Å². The van der Waals surface area contributed by atoms with E-state index in [4.69, 9.17) is 58.1 Å². The largest absolute Gasteiger partial charge is 0.456 e. The molecule has 28 aromatic rings. The van der Waals surface area contributed by atoms with Crippen molar-refractivity contribution in [3.63, 3.8) is 0 Å². The van der Waals surface area contributed by atoms with Gasteiger partial charge in [0, 0.05) is 123 Å². The smallest absolute Gasteiger partial charge is 0.164 e. The van der Waals surface area contributed by atoms with Crippen molar-refractivity contribution in [1.82, 2.24) is 44.9 Å². The Morgan fingerprint density at radius 1 is 0.139 bits per heavy atom. The molecule has 0 fully saturated rings. The number of para-hydroxylation sites is 3. The number of hydrogen-bond donors (Lipinski definition) is 0. The fourth-order valence-electron chi connectivity index (χ4n) is 19.1. The lowest BCUT2D eigenvalue weighted by Gasteiger charge is -2.11. The van der Waals surface area contributed by atoms with Crippen LogP contribution >= 0.6 is 22.7 Å². The van der Waals surface area contributed by atoms with Gasteiger partial charge in [-0.1, -0.05) is 334 Å². The molecule has 20 aromatic carbocycles. The third-order valence-corrected chi connectivity index (χ3v) is 28.0. The van der Waals surface area contributed by atoms with Gasteiger partial charge in [0.05, 0.1) is 0 Å². The van der Waals surface area contributed by atoms with Crippen LogP contribution in [0.25, 0.3) is 274 Å². The quantitative estimate of drug-likeness (QED) is 0.114. The van der Waals surface area contributed by atoms with Gasteiger partial charge in [0.2, 0.25) is 0 Å². The highest BCUT2D eigenvalue weighted by Gasteiger charge is 2.23. The molecule has 8 aromatic heterocycles. The highest BCUT2D eigenvalue weighted by atomic mass is 32.1. The van der Waals surface area contributed by atoms with Crippen LogP contribution in [-0.2, 0) is 0 Å². The molecule has 12 nitrogen and oxygen atoms in total. The van der Waals surface area contributed by atoms with Gasteiger partial charge in [0.15, 0.2) is 52.4 Å². The first-order valence-electron chi connectivity index (χ1n) is 45.5. The molecule has 0 aliphatic rings. The lowest BCUT2D eigenvalue weighted by atomic mass is 9.94. The lowest BCUT2D eigenvalue weighted by Crippen LogP contribution is -2.00. The predicted octanol–water partition coefficient (Wildman–Crippen LogP) is 33.5. The fourth-order valence-corrected chi connectivity index (χ4v) is 21.4. The van der Waals surface area contributed by atoms with E-state index >= 15 is 0 Å². The van der Waals surface area contributed by atoms with E-state index in [9.17, 15) is 0 Å². The van der Waals surface area contributed by atoms with Gasteiger partial charge in [-0.25, -0.2) is 44.9 Å². The molecule has 0 unspecified atom stereocenters. The number of fused-ring (bicyclic) bond motifs is 19. The first kappa shape index (κ1) is 80.0. The monoisotopic (exact) mass is 1790 g/mol. The molecule has 14 heteroatoms. The topological polar surface area (TPSA) is 155 Å². The van der Waals surface area contributed by atoms with Crippen LogP contribution in [0.1, 0.15) is 0 Å². The van der Waals surface area contributed by atoms with Crippen LogP contribution in [0.3, 0.4) is 0 Å². The zero-order chi connectivity index (χ0) is 90.4. The number of aromatic nitrogens is 9. The highest BCUT2D eigenvalue weighted by molar-refractivity contribution is 7.26. The standard InChI is InChI=1S/C43H25N3O2.C43H25N3OS.C37H23N3S/c1-2-9-26(10-3-1)41-44-42(46-43(45-41)31-19-20-39-35(24-31)33-13-4-6-15-37(33)47-39)30-12-8-11-27(21-30)28-17-18-29-23-36-34-14-5-7-16-38(34)48-40(36)25-32(29)22-28;1-2-10-26(11-3-1)41-44-42(46-43(45-41)30-20-21-34-33-16-5-7-19-39(33)48-40(34)24-30)29-14-8-12-27(22-29)31-17-9-13-28-23-36-32-15-4-6-18-37(32)47-38(36)25-35(28)31;1-3-11-24(12-4-1)35-38-36(25-13-5-2-6-14-25)40-37(39-35)27-16-9-15-26(23-27)28-18-10-19-30-29(28)21-22-33-34(30)31-17-7-8-20-32(31)41-33/h2*1-25H;1-23H. The SMILES string of the molecule is c1ccc(-c2nc(-c3cccc(-c4ccc5cc6c(cc5c4)oc4ccccc46)c3)nc(-c3ccc4oc5ccccc5c4c3)n2)cc1.c1ccc(-c2nc(-c3cccc(-c4cccc5cc6c(cc45)oc4ccccc46)c3)nc(-c3ccc4c(c3)sc3ccccc34)n2)cc1.c1ccc(-c2nc(-c3ccccc3)nc(-c3cccc(-c4cccc5c4ccc4sc6ccccc6c45)c3)n2)cc1. The molecule has 0 aliphatic heterocycles. The Morgan fingerprint density at radius 2 is 0.474 bits per heavy atom. The first-order chi connectivity index (χ1) is 67.8. The van der Waals surface area contributed by atoms with Gasteiger partial charge in [-0.15, -0.1) is 22.7 Å². The van der Waals surface area contributed by atoms with Crippen molar-refractivity contribution in [2.24, 2.45) is 0 Å². The summed E-state index contributed by atoms with van der Waals surface area (Å²) in [6.07, 6.45) is 0. The van der Waals surface area contributed by atoms with Crippen molar-refractivity contribution in [3.05, 3.63) is 443 Å². The Bertz CT molecular complexity index is 9600. The average molecular weight is 1790 g/mol.